The first-order chi connectivity index (χ1) is 9.54. The first-order valence-corrected chi connectivity index (χ1v) is 6.83. The van der Waals surface area contributed by atoms with Gasteiger partial charge in [0.25, 0.3) is 0 Å². The van der Waals surface area contributed by atoms with E-state index < -0.39 is 11.5 Å². The molecule has 2 rings (SSSR count). The van der Waals surface area contributed by atoms with E-state index >= 15 is 0 Å². The Hall–Kier alpha value is -2.04. The van der Waals surface area contributed by atoms with Crippen molar-refractivity contribution in [3.05, 3.63) is 35.4 Å². The summed E-state index contributed by atoms with van der Waals surface area (Å²) < 4.78 is 4.61. The fraction of sp³-hybridized carbons (Fsp3) is 0.467. The van der Waals surface area contributed by atoms with Crippen LogP contribution in [0.1, 0.15) is 30.9 Å². The molecule has 1 aliphatic rings. The van der Waals surface area contributed by atoms with Gasteiger partial charge in [0.05, 0.1) is 12.0 Å². The second kappa shape index (κ2) is 5.94. The van der Waals surface area contributed by atoms with E-state index in [-0.39, 0.29) is 19.1 Å². The lowest BCUT2D eigenvalue weighted by molar-refractivity contribution is -0.126. The van der Waals surface area contributed by atoms with Gasteiger partial charge < -0.3 is 15.8 Å². The molecule has 1 atom stereocenters. The number of primary amides is 1. The number of aryl methyl sites for hydroxylation is 1. The van der Waals surface area contributed by atoms with Crippen molar-refractivity contribution in [2.75, 3.05) is 13.2 Å². The van der Waals surface area contributed by atoms with E-state index in [1.807, 2.05) is 25.1 Å². The summed E-state index contributed by atoms with van der Waals surface area (Å²) in [5.74, 6) is -0.0299. The van der Waals surface area contributed by atoms with Gasteiger partial charge >= 0.3 is 6.09 Å². The molecule has 0 radical (unpaired) electrons. The minimum Gasteiger partial charge on any atom is -0.448 e. The predicted octanol–water partition coefficient (Wildman–Crippen LogP) is 1.49. The lowest BCUT2D eigenvalue weighted by Gasteiger charge is -2.34. The molecular weight excluding hydrogens is 256 g/mol. The van der Waals surface area contributed by atoms with Gasteiger partial charge in [-0.05, 0) is 37.3 Å². The molecule has 0 unspecified atom stereocenters. The van der Waals surface area contributed by atoms with Crippen molar-refractivity contribution in [3.8, 4) is 0 Å². The van der Waals surface area contributed by atoms with E-state index in [0.29, 0.717) is 0 Å². The lowest BCUT2D eigenvalue weighted by Crippen LogP contribution is -2.45. The van der Waals surface area contributed by atoms with Gasteiger partial charge in [-0.2, -0.15) is 0 Å². The van der Waals surface area contributed by atoms with Crippen LogP contribution in [-0.2, 0) is 21.4 Å². The highest BCUT2D eigenvalue weighted by molar-refractivity contribution is 5.88. The van der Waals surface area contributed by atoms with Crippen molar-refractivity contribution >= 4 is 12.0 Å². The van der Waals surface area contributed by atoms with Gasteiger partial charge in [-0.25, -0.2) is 4.79 Å². The van der Waals surface area contributed by atoms with Crippen molar-refractivity contribution in [2.24, 2.45) is 5.73 Å². The van der Waals surface area contributed by atoms with Crippen molar-refractivity contribution in [1.29, 1.82) is 0 Å². The maximum Gasteiger partial charge on any atom is 0.404 e. The Labute approximate surface area is 118 Å². The van der Waals surface area contributed by atoms with Gasteiger partial charge in [-0.1, -0.05) is 24.3 Å². The number of amides is 2. The number of ether oxygens (including phenoxy) is 1. The molecule has 0 aromatic heterocycles. The first kappa shape index (κ1) is 14.4. The summed E-state index contributed by atoms with van der Waals surface area (Å²) >= 11 is 0. The third-order valence-corrected chi connectivity index (χ3v) is 3.87. The smallest absolute Gasteiger partial charge is 0.404 e. The minimum absolute atomic E-state index is 0.0299. The average molecular weight is 276 g/mol. The normalized spacial score (nSPS) is 20.9. The summed E-state index contributed by atoms with van der Waals surface area (Å²) in [7, 11) is 0. The quantitative estimate of drug-likeness (QED) is 0.817. The third kappa shape index (κ3) is 2.92. The largest absolute Gasteiger partial charge is 0.448 e. The maximum absolute atomic E-state index is 12.4. The van der Waals surface area contributed by atoms with Crippen LogP contribution in [0.2, 0.25) is 0 Å². The van der Waals surface area contributed by atoms with Crippen molar-refractivity contribution < 1.29 is 14.3 Å². The van der Waals surface area contributed by atoms with Gasteiger partial charge in [0.15, 0.2) is 0 Å². The molecule has 0 spiro atoms. The van der Waals surface area contributed by atoms with Gasteiger partial charge in [-0.3, -0.25) is 4.79 Å². The van der Waals surface area contributed by atoms with Crippen LogP contribution in [-0.4, -0.2) is 25.2 Å². The SMILES string of the molecule is C[C@]1(C(=O)NCCOC(N)=O)CCCc2ccccc21. The van der Waals surface area contributed by atoms with Crippen molar-refractivity contribution in [3.63, 3.8) is 0 Å². The van der Waals surface area contributed by atoms with Crippen LogP contribution in [0.4, 0.5) is 4.79 Å². The van der Waals surface area contributed by atoms with Crippen LogP contribution >= 0.6 is 0 Å². The number of benzene rings is 1. The van der Waals surface area contributed by atoms with Gasteiger partial charge in [-0.15, -0.1) is 0 Å². The Morgan fingerprint density at radius 3 is 2.90 bits per heavy atom. The molecule has 0 bridgehead atoms. The Morgan fingerprint density at radius 2 is 2.15 bits per heavy atom. The number of hydrogen-bond donors (Lipinski definition) is 2. The number of nitrogens with two attached hydrogens (primary N) is 1. The third-order valence-electron chi connectivity index (χ3n) is 3.87. The first-order valence-electron chi connectivity index (χ1n) is 6.83. The van der Waals surface area contributed by atoms with E-state index in [2.05, 4.69) is 16.1 Å². The summed E-state index contributed by atoms with van der Waals surface area (Å²) in [6.07, 6.45) is 2.02. The second-order valence-corrected chi connectivity index (χ2v) is 5.27. The zero-order valence-corrected chi connectivity index (χ0v) is 11.6. The molecule has 0 heterocycles. The van der Waals surface area contributed by atoms with Crippen LogP contribution in [0.5, 0.6) is 0 Å². The van der Waals surface area contributed by atoms with Gasteiger partial charge in [0, 0.05) is 0 Å². The molecule has 1 aliphatic carbocycles. The summed E-state index contributed by atoms with van der Waals surface area (Å²) in [6, 6.07) is 8.07. The summed E-state index contributed by atoms with van der Waals surface area (Å²) in [6.45, 7) is 2.34. The highest BCUT2D eigenvalue weighted by atomic mass is 16.5. The summed E-state index contributed by atoms with van der Waals surface area (Å²) in [5, 5.41) is 2.82. The number of fused-ring (bicyclic) bond motifs is 1. The van der Waals surface area contributed by atoms with E-state index in [4.69, 9.17) is 5.73 Å². The molecule has 3 N–H and O–H groups in total. The zero-order chi connectivity index (χ0) is 14.6. The summed E-state index contributed by atoms with van der Waals surface area (Å²) in [5.41, 5.74) is 6.69. The second-order valence-electron chi connectivity index (χ2n) is 5.27. The van der Waals surface area contributed by atoms with Gasteiger partial charge in [0.1, 0.15) is 6.61 Å². The molecule has 2 amide bonds. The lowest BCUT2D eigenvalue weighted by atomic mass is 9.70. The van der Waals surface area contributed by atoms with Crippen molar-refractivity contribution in [1.82, 2.24) is 5.32 Å². The number of nitrogens with one attached hydrogen (secondary N) is 1. The van der Waals surface area contributed by atoms with Gasteiger partial charge in [0.2, 0.25) is 5.91 Å². The molecule has 0 saturated carbocycles. The van der Waals surface area contributed by atoms with Crippen LogP contribution in [0.15, 0.2) is 24.3 Å². The number of carbonyl (C=O) groups excluding carboxylic acids is 2. The Bertz CT molecular complexity index is 516. The van der Waals surface area contributed by atoms with Crippen LogP contribution in [0.3, 0.4) is 0 Å². The molecular formula is C15H20N2O3. The highest BCUT2D eigenvalue weighted by Crippen LogP contribution is 2.37. The number of carbonyl (C=O) groups is 2. The maximum atomic E-state index is 12.4. The zero-order valence-electron chi connectivity index (χ0n) is 11.6. The molecule has 20 heavy (non-hydrogen) atoms. The molecule has 0 fully saturated rings. The molecule has 108 valence electrons. The monoisotopic (exact) mass is 276 g/mol. The Balaban J connectivity index is 2.04. The standard InChI is InChI=1S/C15H20N2O3/c1-15(13(18)17-9-10-20-14(16)19)8-4-6-11-5-2-3-7-12(11)15/h2-3,5,7H,4,6,8-10H2,1H3,(H2,16,19)(H,17,18)/t15-/m0/s1. The highest BCUT2D eigenvalue weighted by Gasteiger charge is 2.38. The topological polar surface area (TPSA) is 81.4 Å². The van der Waals surface area contributed by atoms with E-state index in [0.717, 1.165) is 24.8 Å². The fourth-order valence-electron chi connectivity index (χ4n) is 2.79. The number of rotatable bonds is 4. The molecule has 5 heteroatoms. The average Bonchev–Trinajstić information content (AvgIpc) is 2.43. The minimum atomic E-state index is -0.825. The summed E-state index contributed by atoms with van der Waals surface area (Å²) in [4.78, 5) is 22.9. The molecule has 0 saturated heterocycles. The van der Waals surface area contributed by atoms with Crippen LogP contribution in [0, 0.1) is 0 Å². The van der Waals surface area contributed by atoms with Crippen molar-refractivity contribution in [2.45, 2.75) is 31.6 Å². The van der Waals surface area contributed by atoms with E-state index in [1.165, 1.54) is 5.56 Å². The predicted molar refractivity (Wildman–Crippen MR) is 75.3 cm³/mol. The Kier molecular flexibility index (Phi) is 4.27. The van der Waals surface area contributed by atoms with E-state index in [1.54, 1.807) is 0 Å². The Morgan fingerprint density at radius 1 is 1.40 bits per heavy atom. The number of hydrogen-bond acceptors (Lipinski definition) is 3. The van der Waals surface area contributed by atoms with Crippen LogP contribution in [0.25, 0.3) is 0 Å². The molecule has 1 aromatic carbocycles. The van der Waals surface area contributed by atoms with E-state index in [9.17, 15) is 9.59 Å². The molecule has 1 aromatic rings. The molecule has 5 nitrogen and oxygen atoms in total. The molecule has 0 aliphatic heterocycles. The fourth-order valence-corrected chi connectivity index (χ4v) is 2.79. The van der Waals surface area contributed by atoms with Crippen LogP contribution < -0.4 is 11.1 Å².